The molecule has 0 radical (unpaired) electrons. The molecular weight excluding hydrogens is 272 g/mol. The van der Waals surface area contributed by atoms with Crippen LogP contribution in [0.25, 0.3) is 0 Å². The zero-order valence-electron chi connectivity index (χ0n) is 14.9. The maximum absolute atomic E-state index is 11.0. The summed E-state index contributed by atoms with van der Waals surface area (Å²) in [6.07, 6.45) is 9.19. The van der Waals surface area contributed by atoms with Crippen LogP contribution in [0.15, 0.2) is 24.3 Å². The summed E-state index contributed by atoms with van der Waals surface area (Å²) in [7, 11) is 1.69. The van der Waals surface area contributed by atoms with Gasteiger partial charge in [0.1, 0.15) is 5.75 Å². The standard InChI is InChI=1S/C20H34O2/c1-5-7-8-9-10-16-20(3,21)19(11-6-2)17-12-14-18(22-4)15-13-17/h12-15,19,21H,5-11,16H2,1-4H3. The number of methoxy groups -OCH3 is 1. The van der Waals surface area contributed by atoms with E-state index in [2.05, 4.69) is 26.0 Å². The maximum Gasteiger partial charge on any atom is 0.118 e. The fourth-order valence-corrected chi connectivity index (χ4v) is 3.22. The van der Waals surface area contributed by atoms with E-state index >= 15 is 0 Å². The number of hydrogen-bond acceptors (Lipinski definition) is 2. The molecule has 0 aliphatic rings. The Bertz CT molecular complexity index is 395. The van der Waals surface area contributed by atoms with Gasteiger partial charge in [-0.15, -0.1) is 0 Å². The van der Waals surface area contributed by atoms with Crippen molar-refractivity contribution < 1.29 is 9.84 Å². The molecule has 1 N–H and O–H groups in total. The second-order valence-electron chi connectivity index (χ2n) is 6.64. The Kier molecular flexibility index (Phi) is 8.55. The van der Waals surface area contributed by atoms with E-state index < -0.39 is 5.60 Å². The first-order valence-corrected chi connectivity index (χ1v) is 8.91. The lowest BCUT2D eigenvalue weighted by Gasteiger charge is -2.33. The molecule has 2 atom stereocenters. The first kappa shape index (κ1) is 19.0. The lowest BCUT2D eigenvalue weighted by molar-refractivity contribution is 0.0162. The molecule has 22 heavy (non-hydrogen) atoms. The molecule has 1 aromatic rings. The van der Waals surface area contributed by atoms with E-state index in [9.17, 15) is 5.11 Å². The minimum atomic E-state index is -0.628. The van der Waals surface area contributed by atoms with Crippen LogP contribution in [-0.2, 0) is 0 Å². The summed E-state index contributed by atoms with van der Waals surface area (Å²) < 4.78 is 5.23. The predicted molar refractivity (Wildman–Crippen MR) is 94.6 cm³/mol. The molecule has 0 saturated heterocycles. The highest BCUT2D eigenvalue weighted by molar-refractivity contribution is 5.30. The quantitative estimate of drug-likeness (QED) is 0.532. The average molecular weight is 306 g/mol. The lowest BCUT2D eigenvalue weighted by Crippen LogP contribution is -2.32. The molecule has 0 heterocycles. The van der Waals surface area contributed by atoms with Gasteiger partial charge in [0.15, 0.2) is 0 Å². The lowest BCUT2D eigenvalue weighted by atomic mass is 9.77. The topological polar surface area (TPSA) is 29.5 Å². The van der Waals surface area contributed by atoms with Gasteiger partial charge in [-0.25, -0.2) is 0 Å². The van der Waals surface area contributed by atoms with Crippen LogP contribution in [0, 0.1) is 0 Å². The number of ether oxygens (including phenoxy) is 1. The number of aliphatic hydroxyl groups is 1. The number of unbranched alkanes of at least 4 members (excludes halogenated alkanes) is 4. The molecule has 0 aliphatic carbocycles. The van der Waals surface area contributed by atoms with Gasteiger partial charge in [0.2, 0.25) is 0 Å². The summed E-state index contributed by atoms with van der Waals surface area (Å²) in [5, 5.41) is 11.0. The van der Waals surface area contributed by atoms with Crippen molar-refractivity contribution in [3.8, 4) is 5.75 Å². The molecule has 0 bridgehead atoms. The van der Waals surface area contributed by atoms with Gasteiger partial charge in [0.05, 0.1) is 12.7 Å². The zero-order chi connectivity index (χ0) is 16.4. The molecule has 0 amide bonds. The Balaban J connectivity index is 2.69. The molecule has 0 spiro atoms. The van der Waals surface area contributed by atoms with Gasteiger partial charge in [-0.1, -0.05) is 64.5 Å². The maximum atomic E-state index is 11.0. The molecule has 1 rings (SSSR count). The van der Waals surface area contributed by atoms with Crippen LogP contribution < -0.4 is 4.74 Å². The van der Waals surface area contributed by atoms with Crippen molar-refractivity contribution in [1.82, 2.24) is 0 Å². The van der Waals surface area contributed by atoms with Crippen molar-refractivity contribution >= 4 is 0 Å². The summed E-state index contributed by atoms with van der Waals surface area (Å²) in [6.45, 7) is 6.43. The molecule has 2 heteroatoms. The SMILES string of the molecule is CCCCCCCC(C)(O)C(CCC)c1ccc(OC)cc1. The van der Waals surface area contributed by atoms with E-state index in [-0.39, 0.29) is 5.92 Å². The second-order valence-corrected chi connectivity index (χ2v) is 6.64. The van der Waals surface area contributed by atoms with Gasteiger partial charge in [0.25, 0.3) is 0 Å². The number of hydrogen-bond donors (Lipinski definition) is 1. The molecule has 0 aromatic heterocycles. The minimum Gasteiger partial charge on any atom is -0.497 e. The normalized spacial score (nSPS) is 15.3. The van der Waals surface area contributed by atoms with Crippen LogP contribution in [0.3, 0.4) is 0 Å². The van der Waals surface area contributed by atoms with Crippen LogP contribution in [-0.4, -0.2) is 17.8 Å². The van der Waals surface area contributed by atoms with Gasteiger partial charge >= 0.3 is 0 Å². The predicted octanol–water partition coefficient (Wildman–Crippen LogP) is 5.69. The molecule has 0 fully saturated rings. The monoisotopic (exact) mass is 306 g/mol. The Morgan fingerprint density at radius 2 is 1.64 bits per heavy atom. The van der Waals surface area contributed by atoms with Gasteiger partial charge < -0.3 is 9.84 Å². The van der Waals surface area contributed by atoms with Crippen molar-refractivity contribution in [2.45, 2.75) is 83.7 Å². The Labute approximate surface area is 136 Å². The average Bonchev–Trinajstić information content (AvgIpc) is 2.52. The fourth-order valence-electron chi connectivity index (χ4n) is 3.22. The molecule has 0 aliphatic heterocycles. The van der Waals surface area contributed by atoms with E-state index in [0.29, 0.717) is 0 Å². The molecule has 2 nitrogen and oxygen atoms in total. The third kappa shape index (κ3) is 6.00. The summed E-state index contributed by atoms with van der Waals surface area (Å²) in [4.78, 5) is 0. The van der Waals surface area contributed by atoms with Gasteiger partial charge in [0, 0.05) is 5.92 Å². The smallest absolute Gasteiger partial charge is 0.118 e. The van der Waals surface area contributed by atoms with E-state index in [1.807, 2.05) is 19.1 Å². The fraction of sp³-hybridized carbons (Fsp3) is 0.700. The summed E-state index contributed by atoms with van der Waals surface area (Å²) in [6, 6.07) is 8.19. The highest BCUT2D eigenvalue weighted by Crippen LogP contribution is 2.36. The molecule has 1 aromatic carbocycles. The number of rotatable bonds is 11. The molecular formula is C20H34O2. The van der Waals surface area contributed by atoms with E-state index in [0.717, 1.165) is 31.4 Å². The first-order chi connectivity index (χ1) is 10.5. The van der Waals surface area contributed by atoms with Gasteiger partial charge in [-0.3, -0.25) is 0 Å². The third-order valence-corrected chi connectivity index (χ3v) is 4.63. The largest absolute Gasteiger partial charge is 0.497 e. The van der Waals surface area contributed by atoms with Crippen LogP contribution in [0.2, 0.25) is 0 Å². The van der Waals surface area contributed by atoms with Crippen molar-refractivity contribution in [2.24, 2.45) is 0 Å². The highest BCUT2D eigenvalue weighted by atomic mass is 16.5. The third-order valence-electron chi connectivity index (χ3n) is 4.63. The molecule has 126 valence electrons. The van der Waals surface area contributed by atoms with Crippen LogP contribution in [0.5, 0.6) is 5.75 Å². The summed E-state index contributed by atoms with van der Waals surface area (Å²) >= 11 is 0. The van der Waals surface area contributed by atoms with E-state index in [4.69, 9.17) is 4.74 Å². The first-order valence-electron chi connectivity index (χ1n) is 8.91. The second kappa shape index (κ2) is 9.89. The van der Waals surface area contributed by atoms with Gasteiger partial charge in [-0.2, -0.15) is 0 Å². The highest BCUT2D eigenvalue weighted by Gasteiger charge is 2.31. The van der Waals surface area contributed by atoms with Crippen LogP contribution in [0.1, 0.15) is 83.6 Å². The zero-order valence-corrected chi connectivity index (χ0v) is 14.9. The van der Waals surface area contributed by atoms with Crippen LogP contribution >= 0.6 is 0 Å². The Hall–Kier alpha value is -1.02. The Morgan fingerprint density at radius 3 is 2.18 bits per heavy atom. The van der Waals surface area contributed by atoms with Crippen molar-refractivity contribution in [2.75, 3.05) is 7.11 Å². The van der Waals surface area contributed by atoms with Crippen molar-refractivity contribution in [1.29, 1.82) is 0 Å². The molecule has 2 unspecified atom stereocenters. The number of benzene rings is 1. The minimum absolute atomic E-state index is 0.203. The van der Waals surface area contributed by atoms with Gasteiger partial charge in [-0.05, 0) is 37.5 Å². The van der Waals surface area contributed by atoms with Crippen molar-refractivity contribution in [3.63, 3.8) is 0 Å². The summed E-state index contributed by atoms with van der Waals surface area (Å²) in [5.74, 6) is 1.08. The molecule has 0 saturated carbocycles. The van der Waals surface area contributed by atoms with E-state index in [1.165, 1.54) is 31.2 Å². The summed E-state index contributed by atoms with van der Waals surface area (Å²) in [5.41, 5.74) is 0.595. The van der Waals surface area contributed by atoms with E-state index in [1.54, 1.807) is 7.11 Å². The Morgan fingerprint density at radius 1 is 1.00 bits per heavy atom. The van der Waals surface area contributed by atoms with Crippen molar-refractivity contribution in [3.05, 3.63) is 29.8 Å². The van der Waals surface area contributed by atoms with Crippen LogP contribution in [0.4, 0.5) is 0 Å².